The van der Waals surface area contributed by atoms with Crippen LogP contribution in [0.2, 0.25) is 0 Å². The molecule has 0 bridgehead atoms. The molecule has 5 nitrogen and oxygen atoms in total. The van der Waals surface area contributed by atoms with E-state index in [1.165, 1.54) is 6.42 Å². The standard InChI is InChI=1S/C16H22N2O3/c1-20-14-9-8-12(10-15(14)21-2)11-17-18-16(19)13-6-4-3-5-7-13/h8-11,13H,3-7H2,1-2H3,(H,18,19)/b17-11-. The molecule has 1 aliphatic rings. The third-order valence-electron chi connectivity index (χ3n) is 3.77. The van der Waals surface area contributed by atoms with Crippen molar-refractivity contribution in [3.8, 4) is 11.5 Å². The van der Waals surface area contributed by atoms with E-state index in [0.29, 0.717) is 11.5 Å². The molecule has 0 spiro atoms. The predicted molar refractivity (Wildman–Crippen MR) is 81.9 cm³/mol. The van der Waals surface area contributed by atoms with Gasteiger partial charge in [0.05, 0.1) is 20.4 Å². The molecular formula is C16H22N2O3. The number of methoxy groups -OCH3 is 2. The minimum atomic E-state index is 0.0198. The smallest absolute Gasteiger partial charge is 0.243 e. The summed E-state index contributed by atoms with van der Waals surface area (Å²) in [5.41, 5.74) is 3.47. The second-order valence-corrected chi connectivity index (χ2v) is 5.18. The zero-order valence-electron chi connectivity index (χ0n) is 12.6. The van der Waals surface area contributed by atoms with Gasteiger partial charge in [0.1, 0.15) is 0 Å². The number of carbonyl (C=O) groups excluding carboxylic acids is 1. The van der Waals surface area contributed by atoms with Gasteiger partial charge < -0.3 is 9.47 Å². The van der Waals surface area contributed by atoms with Crippen LogP contribution in [0.25, 0.3) is 0 Å². The molecule has 0 atom stereocenters. The normalized spacial score (nSPS) is 15.9. The summed E-state index contributed by atoms with van der Waals surface area (Å²) in [6, 6.07) is 5.48. The molecule has 1 saturated carbocycles. The first-order chi connectivity index (χ1) is 10.2. The number of amides is 1. The zero-order chi connectivity index (χ0) is 15.1. The van der Waals surface area contributed by atoms with E-state index in [4.69, 9.17) is 9.47 Å². The number of nitrogens with zero attached hydrogens (tertiary/aromatic N) is 1. The van der Waals surface area contributed by atoms with Gasteiger partial charge in [-0.3, -0.25) is 4.79 Å². The molecule has 1 aromatic rings. The Labute approximate surface area is 125 Å². The first-order valence-electron chi connectivity index (χ1n) is 7.29. The molecule has 0 heterocycles. The number of rotatable bonds is 5. The van der Waals surface area contributed by atoms with Crippen LogP contribution >= 0.6 is 0 Å². The van der Waals surface area contributed by atoms with Gasteiger partial charge in [0.15, 0.2) is 11.5 Å². The van der Waals surface area contributed by atoms with Crippen LogP contribution < -0.4 is 14.9 Å². The number of ether oxygens (including phenoxy) is 2. The number of hydrogen-bond donors (Lipinski definition) is 1. The van der Waals surface area contributed by atoms with Crippen LogP contribution in [0.1, 0.15) is 37.7 Å². The molecule has 1 amide bonds. The molecule has 0 unspecified atom stereocenters. The van der Waals surface area contributed by atoms with Gasteiger partial charge in [0.2, 0.25) is 5.91 Å². The van der Waals surface area contributed by atoms with Crippen molar-refractivity contribution in [3.63, 3.8) is 0 Å². The predicted octanol–water partition coefficient (Wildman–Crippen LogP) is 2.73. The van der Waals surface area contributed by atoms with E-state index in [1.807, 2.05) is 18.2 Å². The highest BCUT2D eigenvalue weighted by Crippen LogP contribution is 2.27. The molecular weight excluding hydrogens is 268 g/mol. The fourth-order valence-corrected chi connectivity index (χ4v) is 2.56. The van der Waals surface area contributed by atoms with Crippen molar-refractivity contribution in [2.24, 2.45) is 11.0 Å². The van der Waals surface area contributed by atoms with Gasteiger partial charge in [-0.05, 0) is 36.6 Å². The molecule has 114 valence electrons. The van der Waals surface area contributed by atoms with Gasteiger partial charge in [-0.2, -0.15) is 5.10 Å². The van der Waals surface area contributed by atoms with E-state index in [-0.39, 0.29) is 11.8 Å². The second kappa shape index (κ2) is 7.67. The molecule has 1 aromatic carbocycles. The minimum Gasteiger partial charge on any atom is -0.493 e. The Bertz CT molecular complexity index is 508. The van der Waals surface area contributed by atoms with Crippen molar-refractivity contribution < 1.29 is 14.3 Å². The molecule has 1 fully saturated rings. The van der Waals surface area contributed by atoms with Crippen LogP contribution in [0.5, 0.6) is 11.5 Å². The van der Waals surface area contributed by atoms with E-state index in [2.05, 4.69) is 10.5 Å². The summed E-state index contributed by atoms with van der Waals surface area (Å²) in [5, 5.41) is 4.03. The third kappa shape index (κ3) is 4.21. The number of nitrogens with one attached hydrogen (secondary N) is 1. The van der Waals surface area contributed by atoms with E-state index < -0.39 is 0 Å². The summed E-state index contributed by atoms with van der Waals surface area (Å²) in [6.07, 6.45) is 7.06. The Balaban J connectivity index is 1.93. The van der Waals surface area contributed by atoms with Crippen LogP contribution in [0.3, 0.4) is 0 Å². The number of benzene rings is 1. The molecule has 0 aromatic heterocycles. The molecule has 0 aliphatic heterocycles. The highest BCUT2D eigenvalue weighted by molar-refractivity contribution is 5.84. The molecule has 1 aliphatic carbocycles. The quantitative estimate of drug-likeness (QED) is 0.670. The first kappa shape index (κ1) is 15.4. The lowest BCUT2D eigenvalue weighted by Gasteiger charge is -2.19. The molecule has 0 radical (unpaired) electrons. The molecule has 0 saturated heterocycles. The maximum absolute atomic E-state index is 11.9. The van der Waals surface area contributed by atoms with E-state index >= 15 is 0 Å². The minimum absolute atomic E-state index is 0.0198. The fourth-order valence-electron chi connectivity index (χ4n) is 2.56. The van der Waals surface area contributed by atoms with Crippen molar-refractivity contribution >= 4 is 12.1 Å². The van der Waals surface area contributed by atoms with Gasteiger partial charge in [-0.25, -0.2) is 5.43 Å². The summed E-state index contributed by atoms with van der Waals surface area (Å²) < 4.78 is 10.4. The van der Waals surface area contributed by atoms with Gasteiger partial charge in [0, 0.05) is 5.92 Å². The van der Waals surface area contributed by atoms with Crippen molar-refractivity contribution in [3.05, 3.63) is 23.8 Å². The van der Waals surface area contributed by atoms with Crippen molar-refractivity contribution in [1.82, 2.24) is 5.43 Å². The molecule has 2 rings (SSSR count). The summed E-state index contributed by atoms with van der Waals surface area (Å²) in [5.74, 6) is 1.44. The van der Waals surface area contributed by atoms with Crippen LogP contribution in [-0.4, -0.2) is 26.3 Å². The van der Waals surface area contributed by atoms with Crippen LogP contribution in [-0.2, 0) is 4.79 Å². The maximum atomic E-state index is 11.9. The number of carbonyl (C=O) groups is 1. The van der Waals surface area contributed by atoms with Crippen LogP contribution in [0, 0.1) is 5.92 Å². The van der Waals surface area contributed by atoms with Gasteiger partial charge in [-0.1, -0.05) is 19.3 Å². The lowest BCUT2D eigenvalue weighted by atomic mass is 9.89. The highest BCUT2D eigenvalue weighted by atomic mass is 16.5. The monoisotopic (exact) mass is 290 g/mol. The first-order valence-corrected chi connectivity index (χ1v) is 7.29. The Kier molecular flexibility index (Phi) is 5.60. The molecule has 21 heavy (non-hydrogen) atoms. The average molecular weight is 290 g/mol. The SMILES string of the molecule is COc1ccc(/C=N\NC(=O)C2CCCCC2)cc1OC. The summed E-state index contributed by atoms with van der Waals surface area (Å²) in [7, 11) is 3.18. The third-order valence-corrected chi connectivity index (χ3v) is 3.77. The summed E-state index contributed by atoms with van der Waals surface area (Å²) in [6.45, 7) is 0. The number of hydrazone groups is 1. The summed E-state index contributed by atoms with van der Waals surface area (Å²) in [4.78, 5) is 11.9. The maximum Gasteiger partial charge on any atom is 0.243 e. The average Bonchev–Trinajstić information content (AvgIpc) is 2.55. The lowest BCUT2D eigenvalue weighted by Crippen LogP contribution is -2.28. The van der Waals surface area contributed by atoms with Crippen molar-refractivity contribution in [2.45, 2.75) is 32.1 Å². The van der Waals surface area contributed by atoms with Crippen molar-refractivity contribution in [1.29, 1.82) is 0 Å². The Morgan fingerprint density at radius 1 is 1.19 bits per heavy atom. The Morgan fingerprint density at radius 2 is 1.90 bits per heavy atom. The molecule has 1 N–H and O–H groups in total. The summed E-state index contributed by atoms with van der Waals surface area (Å²) >= 11 is 0. The van der Waals surface area contributed by atoms with Gasteiger partial charge in [0.25, 0.3) is 0 Å². The van der Waals surface area contributed by atoms with Gasteiger partial charge in [-0.15, -0.1) is 0 Å². The van der Waals surface area contributed by atoms with Gasteiger partial charge >= 0.3 is 0 Å². The second-order valence-electron chi connectivity index (χ2n) is 5.18. The topological polar surface area (TPSA) is 59.9 Å². The van der Waals surface area contributed by atoms with Crippen LogP contribution in [0.4, 0.5) is 0 Å². The largest absolute Gasteiger partial charge is 0.493 e. The Hall–Kier alpha value is -2.04. The number of hydrogen-bond acceptors (Lipinski definition) is 4. The van der Waals surface area contributed by atoms with E-state index in [9.17, 15) is 4.79 Å². The zero-order valence-corrected chi connectivity index (χ0v) is 12.6. The fraction of sp³-hybridized carbons (Fsp3) is 0.500. The Morgan fingerprint density at radius 3 is 2.57 bits per heavy atom. The van der Waals surface area contributed by atoms with E-state index in [1.54, 1.807) is 20.4 Å². The lowest BCUT2D eigenvalue weighted by molar-refractivity contribution is -0.125. The highest BCUT2D eigenvalue weighted by Gasteiger charge is 2.20. The van der Waals surface area contributed by atoms with E-state index in [0.717, 1.165) is 31.2 Å². The van der Waals surface area contributed by atoms with Crippen LogP contribution in [0.15, 0.2) is 23.3 Å². The molecule has 5 heteroatoms. The van der Waals surface area contributed by atoms with Crippen molar-refractivity contribution in [2.75, 3.05) is 14.2 Å².